The summed E-state index contributed by atoms with van der Waals surface area (Å²) in [6.45, 7) is 2.95. The Morgan fingerprint density at radius 3 is 2.41 bits per heavy atom. The largest absolute Gasteiger partial charge is 0.379 e. The van der Waals surface area contributed by atoms with Crippen molar-refractivity contribution in [2.75, 3.05) is 26.3 Å². The lowest BCUT2D eigenvalue weighted by Gasteiger charge is -2.26. The zero-order valence-corrected chi connectivity index (χ0v) is 18.6. The van der Waals surface area contributed by atoms with Gasteiger partial charge < -0.3 is 10.1 Å². The van der Waals surface area contributed by atoms with E-state index in [9.17, 15) is 13.2 Å². The summed E-state index contributed by atoms with van der Waals surface area (Å²) < 4.78 is 32.3. The Morgan fingerprint density at radius 1 is 1.07 bits per heavy atom. The van der Waals surface area contributed by atoms with E-state index in [1.54, 1.807) is 25.1 Å². The number of hydrogen-bond donors (Lipinski definition) is 1. The van der Waals surface area contributed by atoms with Crippen LogP contribution < -0.4 is 5.32 Å². The lowest BCUT2D eigenvalue weighted by molar-refractivity contribution is 0.0730. The Kier molecular flexibility index (Phi) is 7.09. The van der Waals surface area contributed by atoms with Crippen LogP contribution in [0.2, 0.25) is 15.1 Å². The van der Waals surface area contributed by atoms with Crippen LogP contribution in [0.3, 0.4) is 0 Å². The van der Waals surface area contributed by atoms with Crippen molar-refractivity contribution < 1.29 is 17.9 Å². The zero-order valence-electron chi connectivity index (χ0n) is 15.5. The van der Waals surface area contributed by atoms with Gasteiger partial charge in [0.25, 0.3) is 5.91 Å². The minimum absolute atomic E-state index is 0.00567. The van der Waals surface area contributed by atoms with E-state index in [2.05, 4.69) is 5.32 Å². The summed E-state index contributed by atoms with van der Waals surface area (Å²) in [7, 11) is -3.75. The molecule has 1 amide bonds. The van der Waals surface area contributed by atoms with Crippen LogP contribution in [0.4, 0.5) is 0 Å². The smallest absolute Gasteiger partial charge is 0.253 e. The quantitative estimate of drug-likeness (QED) is 0.702. The number of carbonyl (C=O) groups is 1. The molecule has 1 aliphatic rings. The summed E-state index contributed by atoms with van der Waals surface area (Å²) in [6, 6.07) is 8.63. The summed E-state index contributed by atoms with van der Waals surface area (Å²) in [5.74, 6) is -0.507. The molecule has 29 heavy (non-hydrogen) atoms. The molecule has 156 valence electrons. The summed E-state index contributed by atoms with van der Waals surface area (Å²) in [6.07, 6.45) is 0. The first-order valence-electron chi connectivity index (χ1n) is 8.83. The Labute approximate surface area is 184 Å². The molecule has 0 radical (unpaired) electrons. The van der Waals surface area contributed by atoms with Crippen molar-refractivity contribution in [3.8, 4) is 0 Å². The number of nitrogens with one attached hydrogen (secondary N) is 1. The molecule has 0 aliphatic carbocycles. The lowest BCUT2D eigenvalue weighted by atomic mass is 10.1. The van der Waals surface area contributed by atoms with Crippen LogP contribution in [-0.2, 0) is 14.8 Å². The molecule has 2 aromatic rings. The average molecular weight is 478 g/mol. The topological polar surface area (TPSA) is 75.7 Å². The molecule has 3 rings (SSSR count). The number of rotatable bonds is 5. The van der Waals surface area contributed by atoms with Crippen LogP contribution in [0, 0.1) is 0 Å². The van der Waals surface area contributed by atoms with Crippen LogP contribution in [0.15, 0.2) is 41.3 Å². The lowest BCUT2D eigenvalue weighted by Crippen LogP contribution is -2.40. The fraction of sp³-hybridized carbons (Fsp3) is 0.316. The second-order valence-electron chi connectivity index (χ2n) is 6.52. The highest BCUT2D eigenvalue weighted by Crippen LogP contribution is 2.28. The molecular formula is C19H19Cl3N2O4S. The van der Waals surface area contributed by atoms with Crippen molar-refractivity contribution in [3.05, 3.63) is 62.6 Å². The van der Waals surface area contributed by atoms with Crippen LogP contribution >= 0.6 is 34.8 Å². The maximum atomic E-state index is 12.9. The molecule has 1 N–H and O–H groups in total. The average Bonchev–Trinajstić information content (AvgIpc) is 2.68. The van der Waals surface area contributed by atoms with Crippen LogP contribution in [0.1, 0.15) is 28.9 Å². The minimum atomic E-state index is -3.75. The van der Waals surface area contributed by atoms with Gasteiger partial charge in [-0.1, -0.05) is 40.9 Å². The fourth-order valence-corrected chi connectivity index (χ4v) is 5.19. The monoisotopic (exact) mass is 476 g/mol. The molecule has 1 aliphatic heterocycles. The van der Waals surface area contributed by atoms with Gasteiger partial charge in [-0.2, -0.15) is 4.31 Å². The molecule has 1 fully saturated rings. The van der Waals surface area contributed by atoms with Gasteiger partial charge in [0.2, 0.25) is 10.0 Å². The zero-order chi connectivity index (χ0) is 21.2. The molecule has 1 heterocycles. The molecule has 2 aromatic carbocycles. The van der Waals surface area contributed by atoms with E-state index in [1.165, 1.54) is 22.5 Å². The summed E-state index contributed by atoms with van der Waals surface area (Å²) in [5, 5.41) is 3.85. The molecule has 0 aromatic heterocycles. The van der Waals surface area contributed by atoms with E-state index in [-0.39, 0.29) is 28.6 Å². The van der Waals surface area contributed by atoms with Gasteiger partial charge in [0.05, 0.1) is 34.7 Å². The summed E-state index contributed by atoms with van der Waals surface area (Å²) in [5.41, 5.74) is 0.746. The van der Waals surface area contributed by atoms with Crippen molar-refractivity contribution in [2.45, 2.75) is 17.9 Å². The predicted octanol–water partition coefficient (Wildman–Crippen LogP) is 4.16. The predicted molar refractivity (Wildman–Crippen MR) is 113 cm³/mol. The maximum Gasteiger partial charge on any atom is 0.253 e. The highest BCUT2D eigenvalue weighted by Gasteiger charge is 2.28. The molecule has 6 nitrogen and oxygen atoms in total. The van der Waals surface area contributed by atoms with Crippen LogP contribution in [0.5, 0.6) is 0 Å². The summed E-state index contributed by atoms with van der Waals surface area (Å²) >= 11 is 18.3. The molecule has 1 unspecified atom stereocenters. The number of amides is 1. The number of carbonyl (C=O) groups excluding carboxylic acids is 1. The molecule has 10 heteroatoms. The third kappa shape index (κ3) is 5.05. The number of nitrogens with zero attached hydrogens (tertiary/aromatic N) is 1. The molecule has 1 saturated heterocycles. The highest BCUT2D eigenvalue weighted by molar-refractivity contribution is 7.89. The van der Waals surface area contributed by atoms with Gasteiger partial charge in [0, 0.05) is 23.1 Å². The number of sulfonamides is 1. The first-order chi connectivity index (χ1) is 13.7. The molecule has 0 spiro atoms. The second-order valence-corrected chi connectivity index (χ2v) is 9.71. The standard InChI is InChI=1S/C19H19Cl3N2O4S/c1-12(15-4-2-13(20)10-18(15)22)23-19(25)16-11-14(3-5-17(16)21)29(26,27)24-6-8-28-9-7-24/h2-5,10-12H,6-9H2,1H3,(H,23,25). The molecule has 0 saturated carbocycles. The van der Waals surface area contributed by atoms with E-state index < -0.39 is 22.0 Å². The number of benzene rings is 2. The van der Waals surface area contributed by atoms with E-state index in [0.29, 0.717) is 28.8 Å². The van der Waals surface area contributed by atoms with Gasteiger partial charge in [-0.3, -0.25) is 4.79 Å². The van der Waals surface area contributed by atoms with Crippen molar-refractivity contribution in [2.24, 2.45) is 0 Å². The minimum Gasteiger partial charge on any atom is -0.379 e. The SMILES string of the molecule is CC(NC(=O)c1cc(S(=O)(=O)N2CCOCC2)ccc1Cl)c1ccc(Cl)cc1Cl. The molecule has 1 atom stereocenters. The Balaban J connectivity index is 1.84. The normalized spacial score (nSPS) is 16.4. The van der Waals surface area contributed by atoms with Crippen molar-refractivity contribution >= 4 is 50.7 Å². The van der Waals surface area contributed by atoms with Gasteiger partial charge in [-0.25, -0.2) is 8.42 Å². The fourth-order valence-electron chi connectivity index (χ4n) is 2.98. The van der Waals surface area contributed by atoms with Crippen molar-refractivity contribution in [1.29, 1.82) is 0 Å². The van der Waals surface area contributed by atoms with Crippen molar-refractivity contribution in [1.82, 2.24) is 9.62 Å². The van der Waals surface area contributed by atoms with Gasteiger partial charge in [0.1, 0.15) is 0 Å². The number of halogens is 3. The molecule has 0 bridgehead atoms. The van der Waals surface area contributed by atoms with Gasteiger partial charge in [-0.15, -0.1) is 0 Å². The van der Waals surface area contributed by atoms with E-state index >= 15 is 0 Å². The first-order valence-corrected chi connectivity index (χ1v) is 11.4. The van der Waals surface area contributed by atoms with E-state index in [4.69, 9.17) is 39.5 Å². The second kappa shape index (κ2) is 9.20. The van der Waals surface area contributed by atoms with E-state index in [1.807, 2.05) is 0 Å². The number of hydrogen-bond acceptors (Lipinski definition) is 4. The Hall–Kier alpha value is -1.35. The number of ether oxygens (including phenoxy) is 1. The van der Waals surface area contributed by atoms with Gasteiger partial charge in [0.15, 0.2) is 0 Å². The van der Waals surface area contributed by atoms with E-state index in [0.717, 1.165) is 0 Å². The van der Waals surface area contributed by atoms with Crippen LogP contribution in [0.25, 0.3) is 0 Å². The third-order valence-corrected chi connectivity index (χ3v) is 7.35. The number of morpholine rings is 1. The van der Waals surface area contributed by atoms with Gasteiger partial charge >= 0.3 is 0 Å². The van der Waals surface area contributed by atoms with Crippen molar-refractivity contribution in [3.63, 3.8) is 0 Å². The third-order valence-electron chi connectivity index (χ3n) is 4.57. The first kappa shape index (κ1) is 22.3. The Morgan fingerprint density at radius 2 is 1.76 bits per heavy atom. The molecular weight excluding hydrogens is 459 g/mol. The van der Waals surface area contributed by atoms with Crippen LogP contribution in [-0.4, -0.2) is 44.9 Å². The summed E-state index contributed by atoms with van der Waals surface area (Å²) in [4.78, 5) is 12.8. The Bertz CT molecular complexity index is 1020. The highest BCUT2D eigenvalue weighted by atomic mass is 35.5. The van der Waals surface area contributed by atoms with Gasteiger partial charge in [-0.05, 0) is 42.8 Å². The maximum absolute atomic E-state index is 12.9.